The fourth-order valence-electron chi connectivity index (χ4n) is 3.13. The minimum Gasteiger partial charge on any atom is -0.497 e. The summed E-state index contributed by atoms with van der Waals surface area (Å²) in [7, 11) is 3.07. The van der Waals surface area contributed by atoms with E-state index in [-0.39, 0.29) is 18.4 Å². The number of carbonyl (C=O) groups excluding carboxylic acids is 1. The number of hydrogen-bond donors (Lipinski definition) is 1. The quantitative estimate of drug-likeness (QED) is 0.469. The zero-order chi connectivity index (χ0) is 22.1. The first kappa shape index (κ1) is 21.9. The predicted octanol–water partition coefficient (Wildman–Crippen LogP) is 4.80. The summed E-state index contributed by atoms with van der Waals surface area (Å²) in [5.41, 5.74) is 2.81. The van der Waals surface area contributed by atoms with E-state index in [0.717, 1.165) is 24.0 Å². The Hall–Kier alpha value is -3.80. The van der Waals surface area contributed by atoms with Crippen LogP contribution in [0.3, 0.4) is 0 Å². The monoisotopic (exact) mass is 418 g/mol. The average Bonchev–Trinajstić information content (AvgIpc) is 2.83. The fraction of sp³-hybridized carbons (Fsp3) is 0.200. The molecule has 0 saturated carbocycles. The summed E-state index contributed by atoms with van der Waals surface area (Å²) in [5, 5.41) is 2.86. The Bertz CT molecular complexity index is 1000. The molecule has 3 rings (SSSR count). The molecule has 0 bridgehead atoms. The van der Waals surface area contributed by atoms with Gasteiger partial charge in [0, 0.05) is 11.6 Å². The molecule has 0 atom stereocenters. The number of rotatable bonds is 9. The van der Waals surface area contributed by atoms with E-state index in [1.807, 2.05) is 42.5 Å². The van der Waals surface area contributed by atoms with Gasteiger partial charge in [-0.15, -0.1) is 0 Å². The molecule has 160 valence electrons. The Labute approximate surface area is 182 Å². The summed E-state index contributed by atoms with van der Waals surface area (Å²) in [6.07, 6.45) is 7.67. The molecular weight excluding hydrogens is 392 g/mol. The molecule has 0 fully saturated rings. The first-order valence-corrected chi connectivity index (χ1v) is 9.92. The third kappa shape index (κ3) is 5.85. The molecule has 1 aliphatic carbocycles. The number of nitrogens with zero attached hydrogens (tertiary/aromatic N) is 1. The molecular formula is C25H26N2O4. The Morgan fingerprint density at radius 3 is 2.39 bits per heavy atom. The van der Waals surface area contributed by atoms with Crippen molar-refractivity contribution in [1.29, 1.82) is 0 Å². The van der Waals surface area contributed by atoms with Crippen molar-refractivity contribution < 1.29 is 19.0 Å². The Kier molecular flexibility index (Phi) is 7.65. The first-order chi connectivity index (χ1) is 15.1. The van der Waals surface area contributed by atoms with Crippen LogP contribution in [-0.4, -0.2) is 26.8 Å². The fourth-order valence-corrected chi connectivity index (χ4v) is 3.13. The summed E-state index contributed by atoms with van der Waals surface area (Å²) in [6, 6.07) is 14.7. The maximum absolute atomic E-state index is 13.1. The molecule has 0 spiro atoms. The summed E-state index contributed by atoms with van der Waals surface area (Å²) in [5.74, 6) is 0.922. The molecule has 6 heteroatoms. The van der Waals surface area contributed by atoms with Crippen LogP contribution in [-0.2, 0) is 11.3 Å². The van der Waals surface area contributed by atoms with Crippen LogP contribution in [0.25, 0.3) is 0 Å². The van der Waals surface area contributed by atoms with Gasteiger partial charge in [0.1, 0.15) is 23.8 Å². The summed E-state index contributed by atoms with van der Waals surface area (Å²) in [4.78, 5) is 17.3. The van der Waals surface area contributed by atoms with E-state index in [1.165, 1.54) is 14.2 Å². The van der Waals surface area contributed by atoms with Gasteiger partial charge in [-0.2, -0.15) is 0 Å². The van der Waals surface area contributed by atoms with Gasteiger partial charge in [-0.25, -0.2) is 0 Å². The van der Waals surface area contributed by atoms with Gasteiger partial charge in [0.15, 0.2) is 0 Å². The number of allylic oxidation sites excluding steroid dienone is 4. The number of benzene rings is 2. The molecule has 1 aliphatic rings. The molecule has 1 amide bonds. The van der Waals surface area contributed by atoms with Crippen molar-refractivity contribution in [3.8, 4) is 11.5 Å². The highest BCUT2D eigenvalue weighted by Gasteiger charge is 2.18. The van der Waals surface area contributed by atoms with E-state index in [1.54, 1.807) is 18.2 Å². The van der Waals surface area contributed by atoms with Crippen LogP contribution in [0.2, 0.25) is 0 Å². The van der Waals surface area contributed by atoms with Crippen LogP contribution in [0.1, 0.15) is 28.8 Å². The molecule has 0 unspecified atom stereocenters. The number of hydrogen-bond acceptors (Lipinski definition) is 5. The van der Waals surface area contributed by atoms with Crippen molar-refractivity contribution in [2.75, 3.05) is 14.2 Å². The van der Waals surface area contributed by atoms with E-state index >= 15 is 0 Å². The van der Waals surface area contributed by atoms with Crippen LogP contribution in [0.15, 0.2) is 88.9 Å². The second-order valence-electron chi connectivity index (χ2n) is 6.82. The molecule has 1 N–H and O–H groups in total. The van der Waals surface area contributed by atoms with Crippen molar-refractivity contribution in [2.24, 2.45) is 4.99 Å². The number of nitrogens with one attached hydrogen (secondary N) is 1. The van der Waals surface area contributed by atoms with Crippen LogP contribution < -0.4 is 14.8 Å². The lowest BCUT2D eigenvalue weighted by atomic mass is 10.0. The maximum atomic E-state index is 13.1. The molecule has 0 saturated heterocycles. The zero-order valence-electron chi connectivity index (χ0n) is 17.8. The van der Waals surface area contributed by atoms with Crippen LogP contribution in [0, 0.1) is 0 Å². The number of ether oxygens (including phenoxy) is 3. The van der Waals surface area contributed by atoms with E-state index in [9.17, 15) is 4.79 Å². The standard InChI is InChI=1S/C25H26N2O4/c1-26-23(19-12-8-5-9-13-19)25(31-17-18-10-6-4-7-11-18)27-24(28)20-14-21(29-2)16-22(15-20)30-3/h4-8,10-12,14-16H,1,9,13,17H2,2-3H3,(H,27,28)/b25-23-. The molecule has 2 aromatic rings. The van der Waals surface area contributed by atoms with E-state index in [4.69, 9.17) is 14.2 Å². The van der Waals surface area contributed by atoms with Gasteiger partial charge >= 0.3 is 0 Å². The Morgan fingerprint density at radius 1 is 1.10 bits per heavy atom. The van der Waals surface area contributed by atoms with E-state index in [0.29, 0.717) is 22.8 Å². The SMILES string of the molecule is C=N/C(C1=CC=CCC1)=C(/NC(=O)c1cc(OC)cc(OC)c1)OCc1ccccc1. The number of carbonyl (C=O) groups is 1. The maximum Gasteiger partial charge on any atom is 0.258 e. The summed E-state index contributed by atoms with van der Waals surface area (Å²) < 4.78 is 16.6. The summed E-state index contributed by atoms with van der Waals surface area (Å²) >= 11 is 0. The molecule has 0 radical (unpaired) electrons. The van der Waals surface area contributed by atoms with E-state index < -0.39 is 0 Å². The lowest BCUT2D eigenvalue weighted by Gasteiger charge is -2.18. The van der Waals surface area contributed by atoms with Crippen molar-refractivity contribution in [2.45, 2.75) is 19.4 Å². The summed E-state index contributed by atoms with van der Waals surface area (Å²) in [6.45, 7) is 3.98. The Balaban J connectivity index is 1.93. The average molecular weight is 418 g/mol. The van der Waals surface area contributed by atoms with Gasteiger partial charge in [-0.1, -0.05) is 48.6 Å². The van der Waals surface area contributed by atoms with Crippen LogP contribution >= 0.6 is 0 Å². The van der Waals surface area contributed by atoms with E-state index in [2.05, 4.69) is 23.1 Å². The van der Waals surface area contributed by atoms with Gasteiger partial charge < -0.3 is 14.2 Å². The molecule has 2 aromatic carbocycles. The predicted molar refractivity (Wildman–Crippen MR) is 121 cm³/mol. The van der Waals surface area contributed by atoms with Crippen molar-refractivity contribution in [1.82, 2.24) is 5.32 Å². The lowest BCUT2D eigenvalue weighted by Crippen LogP contribution is -2.26. The van der Waals surface area contributed by atoms with Crippen molar-refractivity contribution in [3.63, 3.8) is 0 Å². The number of methoxy groups -OCH3 is 2. The first-order valence-electron chi connectivity index (χ1n) is 9.92. The lowest BCUT2D eigenvalue weighted by molar-refractivity contribution is 0.0906. The van der Waals surface area contributed by atoms with Crippen LogP contribution in [0.4, 0.5) is 0 Å². The minimum atomic E-state index is -0.367. The second-order valence-corrected chi connectivity index (χ2v) is 6.82. The van der Waals surface area contributed by atoms with Gasteiger partial charge in [0.2, 0.25) is 5.88 Å². The molecule has 0 aliphatic heterocycles. The minimum absolute atomic E-state index is 0.257. The molecule has 0 heterocycles. The largest absolute Gasteiger partial charge is 0.497 e. The van der Waals surface area contributed by atoms with Gasteiger partial charge in [-0.05, 0) is 42.8 Å². The van der Waals surface area contributed by atoms with Gasteiger partial charge in [-0.3, -0.25) is 15.1 Å². The zero-order valence-corrected chi connectivity index (χ0v) is 17.8. The normalized spacial score (nSPS) is 13.5. The third-order valence-corrected chi connectivity index (χ3v) is 4.76. The molecule has 6 nitrogen and oxygen atoms in total. The Morgan fingerprint density at radius 2 is 1.81 bits per heavy atom. The van der Waals surface area contributed by atoms with Crippen LogP contribution in [0.5, 0.6) is 11.5 Å². The smallest absolute Gasteiger partial charge is 0.258 e. The number of amides is 1. The van der Waals surface area contributed by atoms with Gasteiger partial charge in [0.05, 0.1) is 14.2 Å². The highest BCUT2D eigenvalue weighted by Crippen LogP contribution is 2.26. The van der Waals surface area contributed by atoms with Crippen molar-refractivity contribution >= 4 is 12.6 Å². The molecule has 0 aromatic heterocycles. The second kappa shape index (κ2) is 10.8. The highest BCUT2D eigenvalue weighted by atomic mass is 16.5. The van der Waals surface area contributed by atoms with Gasteiger partial charge in [0.25, 0.3) is 5.91 Å². The highest BCUT2D eigenvalue weighted by molar-refractivity contribution is 5.96. The van der Waals surface area contributed by atoms with Crippen molar-refractivity contribution in [3.05, 3.63) is 95.0 Å². The topological polar surface area (TPSA) is 69.2 Å². The third-order valence-electron chi connectivity index (χ3n) is 4.76. The number of aliphatic imine (C=N–C) groups is 1. The molecule has 31 heavy (non-hydrogen) atoms.